The van der Waals surface area contributed by atoms with E-state index >= 15 is 0 Å². The molecule has 0 rings (SSSR count). The van der Waals surface area contributed by atoms with Crippen LogP contribution in [0.25, 0.3) is 0 Å². The molecule has 15 heavy (non-hydrogen) atoms. The molecule has 0 fully saturated rings. The molecular formula is C13H24OSi. The van der Waals surface area contributed by atoms with E-state index in [4.69, 9.17) is 10.8 Å². The molecule has 1 nitrogen and oxygen atoms in total. The minimum atomic E-state index is -1.57. The number of hydrogen-bond donors (Lipinski definition) is 0. The van der Waals surface area contributed by atoms with Crippen molar-refractivity contribution in [2.75, 3.05) is 0 Å². The second kappa shape index (κ2) is 6.15. The van der Waals surface area contributed by atoms with E-state index in [2.05, 4.69) is 39.1 Å². The Morgan fingerprint density at radius 1 is 1.47 bits per heavy atom. The van der Waals surface area contributed by atoms with Crippen LogP contribution in [0.1, 0.15) is 32.6 Å². The van der Waals surface area contributed by atoms with Gasteiger partial charge in [0.25, 0.3) is 0 Å². The first-order chi connectivity index (χ1) is 6.89. The molecule has 0 aliphatic heterocycles. The highest BCUT2D eigenvalue weighted by molar-refractivity contribution is 6.69. The van der Waals surface area contributed by atoms with E-state index < -0.39 is 8.32 Å². The fraction of sp³-hybridized carbons (Fsp3) is 0.692. The molecule has 0 aliphatic carbocycles. The number of rotatable bonds is 7. The van der Waals surface area contributed by atoms with Gasteiger partial charge >= 0.3 is 0 Å². The van der Waals surface area contributed by atoms with E-state index in [1.807, 2.05) is 6.08 Å². The third kappa shape index (κ3) is 5.81. The highest BCUT2D eigenvalue weighted by atomic mass is 28.4. The molecule has 1 atom stereocenters. The predicted molar refractivity (Wildman–Crippen MR) is 70.3 cm³/mol. The highest BCUT2D eigenvalue weighted by Crippen LogP contribution is 2.28. The van der Waals surface area contributed by atoms with Crippen molar-refractivity contribution in [3.05, 3.63) is 12.7 Å². The Labute approximate surface area is 96.0 Å². The normalized spacial score (nSPS) is 15.4. The second-order valence-electron chi connectivity index (χ2n) is 4.97. The summed E-state index contributed by atoms with van der Waals surface area (Å²) in [6.07, 6.45) is 11.2. The second-order valence-corrected chi connectivity index (χ2v) is 9.40. The van der Waals surface area contributed by atoms with Gasteiger partial charge in [0.05, 0.1) is 5.60 Å². The van der Waals surface area contributed by atoms with Crippen LogP contribution >= 0.6 is 0 Å². The fourth-order valence-electron chi connectivity index (χ4n) is 1.65. The monoisotopic (exact) mass is 224 g/mol. The molecule has 0 aromatic carbocycles. The van der Waals surface area contributed by atoms with E-state index in [1.165, 1.54) is 0 Å². The van der Waals surface area contributed by atoms with Gasteiger partial charge in [-0.1, -0.05) is 25.8 Å². The Morgan fingerprint density at radius 2 is 2.07 bits per heavy atom. The van der Waals surface area contributed by atoms with Gasteiger partial charge < -0.3 is 4.43 Å². The van der Waals surface area contributed by atoms with Gasteiger partial charge in [-0.25, -0.2) is 0 Å². The third-order valence-electron chi connectivity index (χ3n) is 2.24. The third-order valence-corrected chi connectivity index (χ3v) is 3.26. The van der Waals surface area contributed by atoms with Crippen molar-refractivity contribution in [2.24, 2.45) is 0 Å². The Hall–Kier alpha value is -0.523. The summed E-state index contributed by atoms with van der Waals surface area (Å²) >= 11 is 0. The fourth-order valence-corrected chi connectivity index (χ4v) is 3.13. The standard InChI is InChI=1S/C13H24OSi/c1-7-10-12-13(9-3,11-8-2)14-15(4,5)6/h2,9H,3,7,10-12H2,1,4-6H3/t13-/m0/s1. The maximum atomic E-state index is 6.20. The summed E-state index contributed by atoms with van der Waals surface area (Å²) in [5, 5.41) is 0. The van der Waals surface area contributed by atoms with Gasteiger partial charge in [-0.05, 0) is 26.1 Å². The molecule has 0 N–H and O–H groups in total. The Balaban J connectivity index is 4.66. The first-order valence-electron chi connectivity index (χ1n) is 5.66. The molecule has 86 valence electrons. The highest BCUT2D eigenvalue weighted by Gasteiger charge is 2.31. The zero-order valence-corrected chi connectivity index (χ0v) is 11.6. The van der Waals surface area contributed by atoms with Crippen LogP contribution in [0, 0.1) is 12.3 Å². The Kier molecular flexibility index (Phi) is 5.93. The van der Waals surface area contributed by atoms with Gasteiger partial charge in [-0.2, -0.15) is 0 Å². The predicted octanol–water partition coefficient (Wildman–Crippen LogP) is 3.98. The molecule has 0 saturated carbocycles. The van der Waals surface area contributed by atoms with E-state index in [1.54, 1.807) is 0 Å². The average molecular weight is 224 g/mol. The molecule has 0 unspecified atom stereocenters. The molecular weight excluding hydrogens is 200 g/mol. The van der Waals surface area contributed by atoms with Gasteiger partial charge in [0.2, 0.25) is 0 Å². The molecule has 0 spiro atoms. The lowest BCUT2D eigenvalue weighted by atomic mass is 9.94. The van der Waals surface area contributed by atoms with Crippen molar-refractivity contribution in [3.63, 3.8) is 0 Å². The van der Waals surface area contributed by atoms with E-state index in [-0.39, 0.29) is 5.60 Å². The molecule has 0 saturated heterocycles. The maximum Gasteiger partial charge on any atom is 0.184 e. The van der Waals surface area contributed by atoms with Gasteiger partial charge in [-0.3, -0.25) is 0 Å². The summed E-state index contributed by atoms with van der Waals surface area (Å²) in [5.74, 6) is 2.72. The van der Waals surface area contributed by atoms with Crippen molar-refractivity contribution >= 4 is 8.32 Å². The topological polar surface area (TPSA) is 9.23 Å². The lowest BCUT2D eigenvalue weighted by Gasteiger charge is -2.35. The van der Waals surface area contributed by atoms with Crippen LogP contribution in [0.3, 0.4) is 0 Å². The molecule has 0 radical (unpaired) electrons. The Morgan fingerprint density at radius 3 is 2.40 bits per heavy atom. The largest absolute Gasteiger partial charge is 0.408 e. The number of hydrogen-bond acceptors (Lipinski definition) is 1. The van der Waals surface area contributed by atoms with Crippen LogP contribution in [0.5, 0.6) is 0 Å². The number of unbranched alkanes of at least 4 members (excludes halogenated alkanes) is 1. The van der Waals surface area contributed by atoms with Crippen molar-refractivity contribution in [1.82, 2.24) is 0 Å². The van der Waals surface area contributed by atoms with Crippen molar-refractivity contribution < 1.29 is 4.43 Å². The van der Waals surface area contributed by atoms with Crippen LogP contribution in [-0.4, -0.2) is 13.9 Å². The summed E-state index contributed by atoms with van der Waals surface area (Å²) in [7, 11) is -1.57. The summed E-state index contributed by atoms with van der Waals surface area (Å²) in [6.45, 7) is 12.6. The first-order valence-corrected chi connectivity index (χ1v) is 9.07. The molecule has 0 bridgehead atoms. The lowest BCUT2D eigenvalue weighted by Crippen LogP contribution is -2.41. The average Bonchev–Trinajstić information content (AvgIpc) is 2.12. The number of terminal acetylenes is 1. The van der Waals surface area contributed by atoms with Crippen LogP contribution in [0.15, 0.2) is 12.7 Å². The molecule has 0 aromatic rings. The van der Waals surface area contributed by atoms with Gasteiger partial charge in [0.1, 0.15) is 0 Å². The summed E-state index contributed by atoms with van der Waals surface area (Å²) in [4.78, 5) is 0. The minimum Gasteiger partial charge on any atom is -0.408 e. The molecule has 2 heteroatoms. The van der Waals surface area contributed by atoms with Crippen LogP contribution in [-0.2, 0) is 4.43 Å². The van der Waals surface area contributed by atoms with Crippen molar-refractivity contribution in [1.29, 1.82) is 0 Å². The summed E-state index contributed by atoms with van der Waals surface area (Å²) in [5.41, 5.74) is -0.283. The van der Waals surface area contributed by atoms with Crippen LogP contribution in [0.2, 0.25) is 19.6 Å². The zero-order chi connectivity index (χ0) is 11.9. The van der Waals surface area contributed by atoms with Crippen LogP contribution in [0.4, 0.5) is 0 Å². The van der Waals surface area contributed by atoms with E-state index in [9.17, 15) is 0 Å². The molecule has 0 aliphatic rings. The van der Waals surface area contributed by atoms with Gasteiger partial charge in [0.15, 0.2) is 8.32 Å². The minimum absolute atomic E-state index is 0.283. The molecule has 0 aromatic heterocycles. The first kappa shape index (κ1) is 14.5. The van der Waals surface area contributed by atoms with Crippen molar-refractivity contribution in [3.8, 4) is 12.3 Å². The van der Waals surface area contributed by atoms with E-state index in [0.29, 0.717) is 6.42 Å². The maximum absolute atomic E-state index is 6.20. The Bertz CT molecular complexity index is 234. The molecule has 0 heterocycles. The summed E-state index contributed by atoms with van der Waals surface area (Å²) < 4.78 is 6.20. The van der Waals surface area contributed by atoms with Gasteiger partial charge in [-0.15, -0.1) is 18.9 Å². The van der Waals surface area contributed by atoms with Crippen LogP contribution < -0.4 is 0 Å². The van der Waals surface area contributed by atoms with Crippen molar-refractivity contribution in [2.45, 2.75) is 57.8 Å². The van der Waals surface area contributed by atoms with Gasteiger partial charge in [0, 0.05) is 6.42 Å². The smallest absolute Gasteiger partial charge is 0.184 e. The SMILES string of the molecule is C#CC[C@@](C=C)(CCCC)O[Si](C)(C)C. The summed E-state index contributed by atoms with van der Waals surface area (Å²) in [6, 6.07) is 0. The quantitative estimate of drug-likeness (QED) is 0.361. The zero-order valence-electron chi connectivity index (χ0n) is 10.6. The molecule has 0 amide bonds. The lowest BCUT2D eigenvalue weighted by molar-refractivity contribution is 0.105. The van der Waals surface area contributed by atoms with E-state index in [0.717, 1.165) is 19.3 Å².